The minimum atomic E-state index is 0.0901. The predicted molar refractivity (Wildman–Crippen MR) is 41.9 cm³/mol. The van der Waals surface area contributed by atoms with Crippen molar-refractivity contribution in [2.24, 2.45) is 11.8 Å². The highest BCUT2D eigenvalue weighted by Crippen LogP contribution is 2.26. The molecule has 0 aromatic heterocycles. The van der Waals surface area contributed by atoms with Gasteiger partial charge in [0, 0.05) is 6.42 Å². The molecule has 0 radical (unpaired) electrons. The van der Waals surface area contributed by atoms with Crippen molar-refractivity contribution in [1.29, 1.82) is 0 Å². The Morgan fingerprint density at radius 1 is 1.60 bits per heavy atom. The molecule has 1 rings (SSSR count). The van der Waals surface area contributed by atoms with E-state index in [4.69, 9.17) is 11.6 Å². The average molecular weight is 159 g/mol. The second-order valence-electron chi connectivity index (χ2n) is 2.98. The normalized spacial score (nSPS) is 33.9. The summed E-state index contributed by atoms with van der Waals surface area (Å²) in [7, 11) is 0. The number of allylic oxidation sites excluding steroid dienone is 2. The molecule has 0 heterocycles. The highest BCUT2D eigenvalue weighted by Gasteiger charge is 2.22. The molecule has 2 unspecified atom stereocenters. The Kier molecular flexibility index (Phi) is 2.14. The summed E-state index contributed by atoms with van der Waals surface area (Å²) in [5, 5.41) is 0.422. The van der Waals surface area contributed by atoms with Gasteiger partial charge in [0.05, 0.1) is 5.03 Å². The Morgan fingerprint density at radius 2 is 2.20 bits per heavy atom. The summed E-state index contributed by atoms with van der Waals surface area (Å²) in [4.78, 5) is 10.9. The van der Waals surface area contributed by atoms with Crippen molar-refractivity contribution in [3.63, 3.8) is 0 Å². The molecule has 0 amide bonds. The van der Waals surface area contributed by atoms with Crippen LogP contribution in [-0.4, -0.2) is 5.78 Å². The fourth-order valence-corrected chi connectivity index (χ4v) is 1.34. The monoisotopic (exact) mass is 158 g/mol. The van der Waals surface area contributed by atoms with Crippen LogP contribution in [0.3, 0.4) is 0 Å². The number of ketones is 1. The molecule has 2 heteroatoms. The molecular weight excluding hydrogens is 148 g/mol. The van der Waals surface area contributed by atoms with Crippen LogP contribution in [0.15, 0.2) is 11.1 Å². The second-order valence-corrected chi connectivity index (χ2v) is 3.39. The number of halogens is 1. The van der Waals surface area contributed by atoms with Crippen molar-refractivity contribution in [3.8, 4) is 0 Å². The van der Waals surface area contributed by atoms with Crippen LogP contribution in [0.25, 0.3) is 0 Å². The van der Waals surface area contributed by atoms with Gasteiger partial charge in [0.2, 0.25) is 0 Å². The van der Waals surface area contributed by atoms with Crippen LogP contribution in [0.1, 0.15) is 20.3 Å². The molecule has 0 aromatic carbocycles. The van der Waals surface area contributed by atoms with E-state index >= 15 is 0 Å². The number of hydrogen-bond acceptors (Lipinski definition) is 1. The van der Waals surface area contributed by atoms with E-state index in [-0.39, 0.29) is 5.78 Å². The number of carbonyl (C=O) groups is 1. The maximum absolute atomic E-state index is 10.9. The molecule has 1 aliphatic carbocycles. The zero-order valence-corrected chi connectivity index (χ0v) is 6.98. The molecular formula is C8H11ClO. The van der Waals surface area contributed by atoms with Crippen molar-refractivity contribution < 1.29 is 4.79 Å². The van der Waals surface area contributed by atoms with E-state index < -0.39 is 0 Å². The molecule has 0 fully saturated rings. The average Bonchev–Trinajstić information content (AvgIpc) is 1.84. The van der Waals surface area contributed by atoms with E-state index in [9.17, 15) is 4.79 Å². The molecule has 2 atom stereocenters. The summed E-state index contributed by atoms with van der Waals surface area (Å²) in [5.74, 6) is 0.993. The first-order chi connectivity index (χ1) is 4.61. The second kappa shape index (κ2) is 2.75. The fourth-order valence-electron chi connectivity index (χ4n) is 1.06. The van der Waals surface area contributed by atoms with E-state index in [1.807, 2.05) is 6.08 Å². The lowest BCUT2D eigenvalue weighted by Crippen LogP contribution is -2.17. The fraction of sp³-hybridized carbons (Fsp3) is 0.625. The largest absolute Gasteiger partial charge is 0.293 e. The molecule has 10 heavy (non-hydrogen) atoms. The Labute approximate surface area is 66.1 Å². The van der Waals surface area contributed by atoms with Crippen LogP contribution in [0.5, 0.6) is 0 Å². The van der Waals surface area contributed by atoms with Gasteiger partial charge < -0.3 is 0 Å². The van der Waals surface area contributed by atoms with Crippen molar-refractivity contribution in [1.82, 2.24) is 0 Å². The van der Waals surface area contributed by atoms with Gasteiger partial charge >= 0.3 is 0 Å². The lowest BCUT2D eigenvalue weighted by Gasteiger charge is -2.20. The summed E-state index contributed by atoms with van der Waals surface area (Å²) in [6, 6.07) is 0. The third-order valence-electron chi connectivity index (χ3n) is 2.08. The smallest absolute Gasteiger partial charge is 0.174 e. The van der Waals surface area contributed by atoms with Crippen LogP contribution in [0, 0.1) is 11.8 Å². The van der Waals surface area contributed by atoms with Crippen LogP contribution in [0.2, 0.25) is 0 Å². The first kappa shape index (κ1) is 7.80. The molecule has 0 saturated carbocycles. The SMILES string of the molecule is CC1C=C(Cl)C(=O)CC1C. The van der Waals surface area contributed by atoms with Gasteiger partial charge in [0.1, 0.15) is 0 Å². The Bertz CT molecular complexity index is 184. The van der Waals surface area contributed by atoms with Crippen molar-refractivity contribution in [2.45, 2.75) is 20.3 Å². The van der Waals surface area contributed by atoms with E-state index in [1.165, 1.54) is 0 Å². The number of rotatable bonds is 0. The number of hydrogen-bond donors (Lipinski definition) is 0. The maximum Gasteiger partial charge on any atom is 0.174 e. The summed E-state index contributed by atoms with van der Waals surface area (Å²) < 4.78 is 0. The van der Waals surface area contributed by atoms with Gasteiger partial charge in [-0.3, -0.25) is 4.79 Å². The summed E-state index contributed by atoms with van der Waals surface area (Å²) >= 11 is 5.64. The van der Waals surface area contributed by atoms with E-state index in [0.29, 0.717) is 23.3 Å². The van der Waals surface area contributed by atoms with Crippen molar-refractivity contribution in [3.05, 3.63) is 11.1 Å². The van der Waals surface area contributed by atoms with Crippen LogP contribution < -0.4 is 0 Å². The molecule has 0 N–H and O–H groups in total. The van der Waals surface area contributed by atoms with Crippen LogP contribution in [0.4, 0.5) is 0 Å². The molecule has 0 aliphatic heterocycles. The third kappa shape index (κ3) is 1.40. The third-order valence-corrected chi connectivity index (χ3v) is 2.42. The van der Waals surface area contributed by atoms with E-state index in [0.717, 1.165) is 0 Å². The zero-order valence-electron chi connectivity index (χ0n) is 6.23. The van der Waals surface area contributed by atoms with Crippen LogP contribution >= 0.6 is 11.6 Å². The molecule has 0 bridgehead atoms. The molecule has 56 valence electrons. The first-order valence-electron chi connectivity index (χ1n) is 3.51. The standard InChI is InChI=1S/C8H11ClO/c1-5-3-7(9)8(10)4-6(5)2/h3,5-6H,4H2,1-2H3. The predicted octanol–water partition coefficient (Wildman–Crippen LogP) is 2.35. The molecule has 1 nitrogen and oxygen atoms in total. The van der Waals surface area contributed by atoms with Gasteiger partial charge in [-0.2, -0.15) is 0 Å². The van der Waals surface area contributed by atoms with Gasteiger partial charge in [-0.1, -0.05) is 31.5 Å². The minimum absolute atomic E-state index is 0.0901. The summed E-state index contributed by atoms with van der Waals surface area (Å²) in [5.41, 5.74) is 0. The molecule has 0 saturated heterocycles. The lowest BCUT2D eigenvalue weighted by molar-refractivity contribution is -0.116. The van der Waals surface area contributed by atoms with Crippen LogP contribution in [-0.2, 0) is 4.79 Å². The van der Waals surface area contributed by atoms with Gasteiger partial charge in [-0.15, -0.1) is 0 Å². The van der Waals surface area contributed by atoms with Gasteiger partial charge in [-0.05, 0) is 11.8 Å². The van der Waals surface area contributed by atoms with Gasteiger partial charge in [0.25, 0.3) is 0 Å². The first-order valence-corrected chi connectivity index (χ1v) is 3.89. The Balaban J connectivity index is 2.79. The number of carbonyl (C=O) groups excluding carboxylic acids is 1. The lowest BCUT2D eigenvalue weighted by atomic mass is 9.86. The number of Topliss-reactive ketones (excluding diaryl/α,β-unsaturated/α-hetero) is 1. The van der Waals surface area contributed by atoms with E-state index in [1.54, 1.807) is 0 Å². The van der Waals surface area contributed by atoms with E-state index in [2.05, 4.69) is 13.8 Å². The molecule has 0 aromatic rings. The van der Waals surface area contributed by atoms with Gasteiger partial charge in [-0.25, -0.2) is 0 Å². The highest BCUT2D eigenvalue weighted by atomic mass is 35.5. The molecule has 1 aliphatic rings. The minimum Gasteiger partial charge on any atom is -0.293 e. The zero-order chi connectivity index (χ0) is 7.72. The highest BCUT2D eigenvalue weighted by molar-refractivity contribution is 6.42. The summed E-state index contributed by atoms with van der Waals surface area (Å²) in [6.07, 6.45) is 2.45. The molecule has 0 spiro atoms. The topological polar surface area (TPSA) is 17.1 Å². The summed E-state index contributed by atoms with van der Waals surface area (Å²) in [6.45, 7) is 4.15. The Hall–Kier alpha value is -0.300. The van der Waals surface area contributed by atoms with Gasteiger partial charge in [0.15, 0.2) is 5.78 Å². The maximum atomic E-state index is 10.9. The van der Waals surface area contributed by atoms with Crippen molar-refractivity contribution in [2.75, 3.05) is 0 Å². The van der Waals surface area contributed by atoms with Crippen molar-refractivity contribution >= 4 is 17.4 Å². The quantitative estimate of drug-likeness (QED) is 0.529. The Morgan fingerprint density at radius 3 is 2.70 bits per heavy atom.